The molecule has 14 heavy (non-hydrogen) atoms. The minimum absolute atomic E-state index is 0.394. The summed E-state index contributed by atoms with van der Waals surface area (Å²) in [5, 5.41) is 0.883. The van der Waals surface area contributed by atoms with Crippen molar-refractivity contribution in [2.24, 2.45) is 5.73 Å². The maximum absolute atomic E-state index is 12.1. The van der Waals surface area contributed by atoms with Gasteiger partial charge in [0.25, 0.3) is 0 Å². The van der Waals surface area contributed by atoms with E-state index in [-0.39, 0.29) is 0 Å². The quantitative estimate of drug-likeness (QED) is 0.829. The predicted molar refractivity (Wildman–Crippen MR) is 62.3 cm³/mol. The summed E-state index contributed by atoms with van der Waals surface area (Å²) in [4.78, 5) is 4.82. The Morgan fingerprint density at radius 1 is 1.29 bits per heavy atom. The minimum atomic E-state index is -0.503. The van der Waals surface area contributed by atoms with E-state index in [1.54, 1.807) is 0 Å². The second-order valence-electron chi connectivity index (χ2n) is 1.94. The van der Waals surface area contributed by atoms with E-state index in [0.29, 0.717) is 12.2 Å². The van der Waals surface area contributed by atoms with E-state index in [9.17, 15) is 4.39 Å². The number of aryl methyl sites for hydroxylation is 1. The fourth-order valence-corrected chi connectivity index (χ4v) is 1.59. The number of hydrogen-bond acceptors (Lipinski definition) is 3. The molecular weight excluding hydrogens is 199 g/mol. The molecule has 0 aromatic carbocycles. The van der Waals surface area contributed by atoms with E-state index in [2.05, 4.69) is 4.98 Å². The molecule has 0 saturated carbocycles. The molecule has 0 unspecified atom stereocenters. The van der Waals surface area contributed by atoms with Crippen molar-refractivity contribution in [3.63, 3.8) is 0 Å². The van der Waals surface area contributed by atoms with Gasteiger partial charge in [-0.3, -0.25) is 0 Å². The average molecular weight is 220 g/mol. The van der Waals surface area contributed by atoms with Gasteiger partial charge in [0, 0.05) is 11.4 Å². The Morgan fingerprint density at radius 2 is 1.79 bits per heavy atom. The summed E-state index contributed by atoms with van der Waals surface area (Å²) in [5.74, 6) is 0. The second-order valence-corrected chi connectivity index (χ2v) is 3.23. The molecule has 1 heterocycles. The molecule has 0 saturated heterocycles. The number of hydrogen-bond donors (Lipinski definition) is 1. The van der Waals surface area contributed by atoms with Crippen molar-refractivity contribution in [2.75, 3.05) is 0 Å². The van der Waals surface area contributed by atoms with Gasteiger partial charge in [-0.2, -0.15) is 0 Å². The van der Waals surface area contributed by atoms with Crippen LogP contribution in [0.15, 0.2) is 0 Å². The summed E-state index contributed by atoms with van der Waals surface area (Å²) in [6, 6.07) is 0. The van der Waals surface area contributed by atoms with Crippen molar-refractivity contribution in [1.82, 2.24) is 4.98 Å². The van der Waals surface area contributed by atoms with Gasteiger partial charge >= 0.3 is 0 Å². The first-order chi connectivity index (χ1) is 6.77. The SMILES string of the molecule is CC.CC.Cc1nc(CF)c(CN)s1. The third-order valence-electron chi connectivity index (χ3n) is 1.20. The van der Waals surface area contributed by atoms with E-state index >= 15 is 0 Å². The second kappa shape index (κ2) is 10.6. The van der Waals surface area contributed by atoms with Crippen molar-refractivity contribution in [3.8, 4) is 0 Å². The Bertz CT molecular complexity index is 202. The first-order valence-electron chi connectivity index (χ1n) is 4.99. The summed E-state index contributed by atoms with van der Waals surface area (Å²) in [6.07, 6.45) is 0. The fourth-order valence-electron chi connectivity index (χ4n) is 0.776. The summed E-state index contributed by atoms with van der Waals surface area (Å²) in [7, 11) is 0. The van der Waals surface area contributed by atoms with Crippen LogP contribution in [0.5, 0.6) is 0 Å². The monoisotopic (exact) mass is 220 g/mol. The number of nitrogens with two attached hydrogens (primary N) is 1. The van der Waals surface area contributed by atoms with Crippen LogP contribution in [0.3, 0.4) is 0 Å². The van der Waals surface area contributed by atoms with Gasteiger partial charge in [-0.05, 0) is 6.92 Å². The molecule has 0 spiro atoms. The van der Waals surface area contributed by atoms with Crippen LogP contribution in [0.25, 0.3) is 0 Å². The van der Waals surface area contributed by atoms with E-state index in [1.165, 1.54) is 11.3 Å². The topological polar surface area (TPSA) is 38.9 Å². The zero-order valence-corrected chi connectivity index (χ0v) is 10.5. The normalized spacial score (nSPS) is 8.21. The van der Waals surface area contributed by atoms with Crippen LogP contribution in [-0.2, 0) is 13.2 Å². The lowest BCUT2D eigenvalue weighted by Gasteiger charge is -1.89. The highest BCUT2D eigenvalue weighted by atomic mass is 32.1. The number of rotatable bonds is 2. The molecule has 1 aromatic heterocycles. The average Bonchev–Trinajstić information content (AvgIpc) is 2.64. The summed E-state index contributed by atoms with van der Waals surface area (Å²) < 4.78 is 12.1. The highest BCUT2D eigenvalue weighted by Crippen LogP contribution is 2.17. The van der Waals surface area contributed by atoms with Gasteiger partial charge < -0.3 is 5.73 Å². The zero-order valence-electron chi connectivity index (χ0n) is 9.72. The van der Waals surface area contributed by atoms with Crippen molar-refractivity contribution < 1.29 is 4.39 Å². The van der Waals surface area contributed by atoms with Crippen LogP contribution < -0.4 is 5.73 Å². The molecular formula is C10H21FN2S. The van der Waals surface area contributed by atoms with Gasteiger partial charge in [-0.1, -0.05) is 27.7 Å². The molecule has 0 aliphatic carbocycles. The van der Waals surface area contributed by atoms with E-state index < -0.39 is 6.67 Å². The largest absolute Gasteiger partial charge is 0.326 e. The Hall–Kier alpha value is -0.480. The van der Waals surface area contributed by atoms with Crippen molar-refractivity contribution in [3.05, 3.63) is 15.6 Å². The third kappa shape index (κ3) is 5.29. The molecule has 1 aromatic rings. The van der Waals surface area contributed by atoms with Gasteiger partial charge in [0.15, 0.2) is 0 Å². The first-order valence-corrected chi connectivity index (χ1v) is 5.80. The highest BCUT2D eigenvalue weighted by Gasteiger charge is 2.05. The molecule has 2 N–H and O–H groups in total. The molecule has 0 aliphatic heterocycles. The lowest BCUT2D eigenvalue weighted by molar-refractivity contribution is 0.474. The lowest BCUT2D eigenvalue weighted by atomic mass is 10.4. The van der Waals surface area contributed by atoms with Crippen LogP contribution >= 0.6 is 11.3 Å². The molecule has 0 bridgehead atoms. The lowest BCUT2D eigenvalue weighted by Crippen LogP contribution is -1.96. The van der Waals surface area contributed by atoms with Crippen molar-refractivity contribution in [2.45, 2.75) is 47.8 Å². The van der Waals surface area contributed by atoms with Crippen LogP contribution in [0.4, 0.5) is 4.39 Å². The van der Waals surface area contributed by atoms with Crippen LogP contribution in [0.2, 0.25) is 0 Å². The van der Waals surface area contributed by atoms with Gasteiger partial charge in [0.2, 0.25) is 0 Å². The maximum Gasteiger partial charge on any atom is 0.133 e. The number of thiazole rings is 1. The number of halogens is 1. The Balaban J connectivity index is 0. The van der Waals surface area contributed by atoms with Gasteiger partial charge in [0.05, 0.1) is 10.7 Å². The third-order valence-corrected chi connectivity index (χ3v) is 2.23. The van der Waals surface area contributed by atoms with Crippen molar-refractivity contribution in [1.29, 1.82) is 0 Å². The molecule has 0 amide bonds. The smallest absolute Gasteiger partial charge is 0.133 e. The maximum atomic E-state index is 12.1. The first kappa shape index (κ1) is 16.0. The number of aromatic nitrogens is 1. The van der Waals surface area contributed by atoms with E-state index in [1.807, 2.05) is 34.6 Å². The standard InChI is InChI=1S/C6H9FN2S.2C2H6/c1-4-9-5(2-7)6(3-8)10-4;2*1-2/h2-3,8H2,1H3;2*1-2H3. The molecule has 1 rings (SSSR count). The van der Waals surface area contributed by atoms with Crippen LogP contribution in [0.1, 0.15) is 43.3 Å². The Labute approximate surface area is 90.4 Å². The summed E-state index contributed by atoms with van der Waals surface area (Å²) in [5.41, 5.74) is 5.85. The molecule has 4 heteroatoms. The predicted octanol–water partition coefficient (Wildman–Crippen LogP) is 3.43. The van der Waals surface area contributed by atoms with Crippen LogP contribution in [0, 0.1) is 6.92 Å². The van der Waals surface area contributed by atoms with Crippen LogP contribution in [-0.4, -0.2) is 4.98 Å². The highest BCUT2D eigenvalue weighted by molar-refractivity contribution is 7.11. The molecule has 0 aliphatic rings. The van der Waals surface area contributed by atoms with Crippen molar-refractivity contribution >= 4 is 11.3 Å². The zero-order chi connectivity index (χ0) is 11.6. The Kier molecular flexibility index (Phi) is 12.1. The Morgan fingerprint density at radius 3 is 2.07 bits per heavy atom. The van der Waals surface area contributed by atoms with Gasteiger partial charge in [-0.15, -0.1) is 11.3 Å². The summed E-state index contributed by atoms with van der Waals surface area (Å²) >= 11 is 1.46. The molecule has 0 fully saturated rings. The van der Waals surface area contributed by atoms with E-state index in [0.717, 1.165) is 9.88 Å². The van der Waals surface area contributed by atoms with Gasteiger partial charge in [-0.25, -0.2) is 9.37 Å². The van der Waals surface area contributed by atoms with Gasteiger partial charge in [0.1, 0.15) is 6.67 Å². The minimum Gasteiger partial charge on any atom is -0.326 e. The molecule has 2 nitrogen and oxygen atoms in total. The molecule has 0 radical (unpaired) electrons. The summed E-state index contributed by atoms with van der Waals surface area (Å²) in [6.45, 7) is 9.74. The number of nitrogens with zero attached hydrogens (tertiary/aromatic N) is 1. The molecule has 84 valence electrons. The van der Waals surface area contributed by atoms with E-state index in [4.69, 9.17) is 5.73 Å². The fraction of sp³-hybridized carbons (Fsp3) is 0.700. The molecule has 0 atom stereocenters. The number of alkyl halides is 1.